The Morgan fingerprint density at radius 2 is 1.89 bits per heavy atom. The van der Waals surface area contributed by atoms with Gasteiger partial charge in [0.2, 0.25) is 0 Å². The molecule has 4 nitrogen and oxygen atoms in total. The predicted octanol–water partition coefficient (Wildman–Crippen LogP) is 2.64. The van der Waals surface area contributed by atoms with Crippen LogP contribution in [0.4, 0.5) is 0 Å². The average Bonchev–Trinajstić information content (AvgIpc) is 2.86. The molecule has 0 atom stereocenters. The van der Waals surface area contributed by atoms with E-state index in [2.05, 4.69) is 5.10 Å². The van der Waals surface area contributed by atoms with Crippen LogP contribution in [0.1, 0.15) is 6.92 Å². The number of sulfone groups is 1. The quantitative estimate of drug-likeness (QED) is 0.852. The molecule has 0 saturated heterocycles. The maximum atomic E-state index is 11.4. The monoisotopic (exact) mass is 298 g/mol. The zero-order chi connectivity index (χ0) is 13.9. The molecule has 0 radical (unpaired) electrons. The van der Waals surface area contributed by atoms with Gasteiger partial charge in [0.1, 0.15) is 0 Å². The van der Waals surface area contributed by atoms with Gasteiger partial charge >= 0.3 is 0 Å². The van der Waals surface area contributed by atoms with E-state index in [1.807, 2.05) is 30.5 Å². The van der Waals surface area contributed by atoms with Crippen molar-refractivity contribution in [2.24, 2.45) is 0 Å². The number of hydrogen-bond acceptors (Lipinski definition) is 3. The number of benzene rings is 1. The minimum absolute atomic E-state index is 0.116. The maximum Gasteiger partial charge on any atom is 0.151 e. The Morgan fingerprint density at radius 1 is 1.21 bits per heavy atom. The van der Waals surface area contributed by atoms with Crippen molar-refractivity contribution in [3.63, 3.8) is 0 Å². The molecule has 0 aliphatic rings. The van der Waals surface area contributed by atoms with Gasteiger partial charge in [0.25, 0.3) is 0 Å². The predicted molar refractivity (Wildman–Crippen MR) is 77.0 cm³/mol. The van der Waals surface area contributed by atoms with Crippen molar-refractivity contribution < 1.29 is 8.42 Å². The van der Waals surface area contributed by atoms with E-state index >= 15 is 0 Å². The van der Waals surface area contributed by atoms with Crippen LogP contribution in [0, 0.1) is 0 Å². The van der Waals surface area contributed by atoms with Crippen molar-refractivity contribution in [1.29, 1.82) is 0 Å². The largest absolute Gasteiger partial charge is 0.271 e. The minimum Gasteiger partial charge on any atom is -0.271 e. The second kappa shape index (κ2) is 5.75. The maximum absolute atomic E-state index is 11.4. The molecular weight excluding hydrogens is 284 g/mol. The number of rotatable bonds is 5. The summed E-state index contributed by atoms with van der Waals surface area (Å²) in [6.45, 7) is 2.03. The van der Waals surface area contributed by atoms with E-state index in [-0.39, 0.29) is 11.5 Å². The molecule has 0 unspecified atom stereocenters. The number of aryl methyl sites for hydroxylation is 1. The van der Waals surface area contributed by atoms with E-state index in [9.17, 15) is 8.42 Å². The lowest BCUT2D eigenvalue weighted by Gasteiger charge is -2.01. The Hall–Kier alpha value is -1.33. The lowest BCUT2D eigenvalue weighted by Crippen LogP contribution is -2.14. The fourth-order valence-electron chi connectivity index (χ4n) is 1.65. The average molecular weight is 299 g/mol. The molecule has 0 aliphatic heterocycles. The smallest absolute Gasteiger partial charge is 0.151 e. The van der Waals surface area contributed by atoms with Crippen LogP contribution < -0.4 is 0 Å². The van der Waals surface area contributed by atoms with E-state index in [1.165, 1.54) is 0 Å². The van der Waals surface area contributed by atoms with Gasteiger partial charge in [-0.3, -0.25) is 4.68 Å². The van der Waals surface area contributed by atoms with Gasteiger partial charge in [-0.25, -0.2) is 8.42 Å². The molecule has 0 N–H and O–H groups in total. The SMILES string of the molecule is CCS(=O)(=O)CCn1cc(-c2ccc(Cl)cc2)cn1. The van der Waals surface area contributed by atoms with Gasteiger partial charge in [-0.1, -0.05) is 30.7 Å². The molecule has 0 aliphatic carbocycles. The first kappa shape index (κ1) is 14.1. The Morgan fingerprint density at radius 3 is 2.53 bits per heavy atom. The zero-order valence-electron chi connectivity index (χ0n) is 10.6. The first-order valence-corrected chi connectivity index (χ1v) is 8.19. The summed E-state index contributed by atoms with van der Waals surface area (Å²) in [6.07, 6.45) is 3.57. The topological polar surface area (TPSA) is 52.0 Å². The molecule has 1 aromatic heterocycles. The third-order valence-corrected chi connectivity index (χ3v) is 4.82. The van der Waals surface area contributed by atoms with Crippen LogP contribution in [0.3, 0.4) is 0 Å². The summed E-state index contributed by atoms with van der Waals surface area (Å²) in [5, 5.41) is 4.86. The van der Waals surface area contributed by atoms with Gasteiger partial charge in [0, 0.05) is 22.5 Å². The van der Waals surface area contributed by atoms with Crippen LogP contribution in [0.2, 0.25) is 5.02 Å². The molecular formula is C13H15ClN2O2S. The Labute approximate surface area is 117 Å². The Kier molecular flexibility index (Phi) is 4.27. The minimum atomic E-state index is -2.96. The number of aromatic nitrogens is 2. The number of hydrogen-bond donors (Lipinski definition) is 0. The third-order valence-electron chi connectivity index (χ3n) is 2.88. The highest BCUT2D eigenvalue weighted by molar-refractivity contribution is 7.91. The van der Waals surface area contributed by atoms with Crippen molar-refractivity contribution in [2.45, 2.75) is 13.5 Å². The normalized spacial score (nSPS) is 11.7. The second-order valence-corrected chi connectivity index (χ2v) is 7.14. The summed E-state index contributed by atoms with van der Waals surface area (Å²) in [4.78, 5) is 0. The van der Waals surface area contributed by atoms with Gasteiger partial charge in [0.05, 0.1) is 18.5 Å². The molecule has 0 spiro atoms. The van der Waals surface area contributed by atoms with Gasteiger partial charge in [-0.05, 0) is 17.7 Å². The molecule has 0 fully saturated rings. The van der Waals surface area contributed by atoms with Crippen LogP contribution in [-0.4, -0.2) is 29.7 Å². The van der Waals surface area contributed by atoms with Gasteiger partial charge in [-0.2, -0.15) is 5.10 Å². The molecule has 19 heavy (non-hydrogen) atoms. The van der Waals surface area contributed by atoms with Crippen LogP contribution in [-0.2, 0) is 16.4 Å². The van der Waals surface area contributed by atoms with Crippen molar-refractivity contribution in [2.75, 3.05) is 11.5 Å². The lowest BCUT2D eigenvalue weighted by molar-refractivity contribution is 0.582. The van der Waals surface area contributed by atoms with Crippen LogP contribution in [0.25, 0.3) is 11.1 Å². The van der Waals surface area contributed by atoms with Gasteiger partial charge in [-0.15, -0.1) is 0 Å². The van der Waals surface area contributed by atoms with E-state index in [0.717, 1.165) is 11.1 Å². The molecule has 102 valence electrons. The summed E-state index contributed by atoms with van der Waals surface area (Å²) >= 11 is 5.83. The molecule has 2 aromatic rings. The summed E-state index contributed by atoms with van der Waals surface area (Å²) in [7, 11) is -2.96. The van der Waals surface area contributed by atoms with E-state index in [0.29, 0.717) is 11.6 Å². The molecule has 6 heteroatoms. The Balaban J connectivity index is 2.09. The van der Waals surface area contributed by atoms with Crippen LogP contribution in [0.15, 0.2) is 36.7 Å². The summed E-state index contributed by atoms with van der Waals surface area (Å²) < 4.78 is 24.5. The highest BCUT2D eigenvalue weighted by Gasteiger charge is 2.08. The van der Waals surface area contributed by atoms with Gasteiger partial charge < -0.3 is 0 Å². The van der Waals surface area contributed by atoms with Crippen molar-refractivity contribution >= 4 is 21.4 Å². The third kappa shape index (κ3) is 3.81. The van der Waals surface area contributed by atoms with Crippen molar-refractivity contribution in [3.05, 3.63) is 41.7 Å². The Bertz CT molecular complexity index is 648. The molecule has 0 amide bonds. The molecule has 2 rings (SSSR count). The number of halogens is 1. The van der Waals surface area contributed by atoms with E-state index < -0.39 is 9.84 Å². The summed E-state index contributed by atoms with van der Waals surface area (Å²) in [5.74, 6) is 0.281. The summed E-state index contributed by atoms with van der Waals surface area (Å²) in [5.41, 5.74) is 1.96. The second-order valence-electron chi connectivity index (χ2n) is 4.24. The zero-order valence-corrected chi connectivity index (χ0v) is 12.2. The fraction of sp³-hybridized carbons (Fsp3) is 0.308. The number of nitrogens with zero attached hydrogens (tertiary/aromatic N) is 2. The lowest BCUT2D eigenvalue weighted by atomic mass is 10.1. The standard InChI is InChI=1S/C13H15ClN2O2S/c1-2-19(17,18)8-7-16-10-12(9-15-16)11-3-5-13(14)6-4-11/h3-6,9-10H,2,7-8H2,1H3. The first-order valence-electron chi connectivity index (χ1n) is 5.99. The highest BCUT2D eigenvalue weighted by atomic mass is 35.5. The molecule has 0 saturated carbocycles. The van der Waals surface area contributed by atoms with E-state index in [1.54, 1.807) is 17.8 Å². The molecule has 1 heterocycles. The highest BCUT2D eigenvalue weighted by Crippen LogP contribution is 2.20. The fourth-order valence-corrected chi connectivity index (χ4v) is 2.53. The molecule has 1 aromatic carbocycles. The van der Waals surface area contributed by atoms with Crippen molar-refractivity contribution in [1.82, 2.24) is 9.78 Å². The first-order chi connectivity index (χ1) is 9.00. The van der Waals surface area contributed by atoms with Crippen LogP contribution >= 0.6 is 11.6 Å². The van der Waals surface area contributed by atoms with Crippen LogP contribution in [0.5, 0.6) is 0 Å². The van der Waals surface area contributed by atoms with E-state index in [4.69, 9.17) is 11.6 Å². The summed E-state index contributed by atoms with van der Waals surface area (Å²) in [6, 6.07) is 7.45. The van der Waals surface area contributed by atoms with Crippen molar-refractivity contribution in [3.8, 4) is 11.1 Å². The van der Waals surface area contributed by atoms with Gasteiger partial charge in [0.15, 0.2) is 9.84 Å². The molecule has 0 bridgehead atoms.